The van der Waals surface area contributed by atoms with Crippen molar-refractivity contribution in [1.82, 2.24) is 15.5 Å². The number of benzene rings is 1. The molecule has 0 radical (unpaired) electrons. The molecule has 25 heavy (non-hydrogen) atoms. The maximum absolute atomic E-state index is 11.9. The Morgan fingerprint density at radius 3 is 2.64 bits per heavy atom. The number of nitrogens with zero attached hydrogens (tertiary/aromatic N) is 1. The molecule has 0 bridgehead atoms. The number of hydrogen-bond acceptors (Lipinski definition) is 4. The Balaban J connectivity index is 0.00000312. The van der Waals surface area contributed by atoms with Crippen molar-refractivity contribution in [3.05, 3.63) is 29.8 Å². The SMILES string of the molecule is CCCOc1ccc(CCC(=O)NCCCN2CCNCC2)cc1.Cl. The predicted octanol–water partition coefficient (Wildman–Crippen LogP) is 2.24. The quantitative estimate of drug-likeness (QED) is 0.621. The molecule has 0 unspecified atom stereocenters. The highest BCUT2D eigenvalue weighted by Gasteiger charge is 2.08. The molecular weight excluding hydrogens is 338 g/mol. The Hall–Kier alpha value is -1.30. The summed E-state index contributed by atoms with van der Waals surface area (Å²) in [6.07, 6.45) is 3.35. The van der Waals surface area contributed by atoms with Gasteiger partial charge in [0.25, 0.3) is 0 Å². The molecule has 1 saturated heterocycles. The summed E-state index contributed by atoms with van der Waals surface area (Å²) >= 11 is 0. The average Bonchev–Trinajstić information content (AvgIpc) is 2.63. The van der Waals surface area contributed by atoms with E-state index in [0.717, 1.165) is 70.9 Å². The highest BCUT2D eigenvalue weighted by atomic mass is 35.5. The first-order valence-electron chi connectivity index (χ1n) is 9.19. The van der Waals surface area contributed by atoms with E-state index in [2.05, 4.69) is 22.5 Å². The van der Waals surface area contributed by atoms with Gasteiger partial charge in [-0.05, 0) is 43.5 Å². The van der Waals surface area contributed by atoms with Crippen LogP contribution in [0.25, 0.3) is 0 Å². The average molecular weight is 370 g/mol. The largest absolute Gasteiger partial charge is 0.494 e. The lowest BCUT2D eigenvalue weighted by Crippen LogP contribution is -2.44. The van der Waals surface area contributed by atoms with Crippen molar-refractivity contribution >= 4 is 18.3 Å². The molecule has 1 fully saturated rings. The van der Waals surface area contributed by atoms with Gasteiger partial charge in [0, 0.05) is 39.1 Å². The van der Waals surface area contributed by atoms with E-state index in [9.17, 15) is 4.79 Å². The van der Waals surface area contributed by atoms with Gasteiger partial charge in [0.15, 0.2) is 0 Å². The van der Waals surface area contributed by atoms with E-state index in [1.165, 1.54) is 5.56 Å². The minimum Gasteiger partial charge on any atom is -0.494 e. The lowest BCUT2D eigenvalue weighted by molar-refractivity contribution is -0.121. The van der Waals surface area contributed by atoms with Crippen molar-refractivity contribution in [3.8, 4) is 5.75 Å². The number of carbonyl (C=O) groups is 1. The molecule has 1 aromatic carbocycles. The van der Waals surface area contributed by atoms with Crippen LogP contribution in [0.15, 0.2) is 24.3 Å². The Morgan fingerprint density at radius 2 is 1.96 bits per heavy atom. The van der Waals surface area contributed by atoms with Crippen molar-refractivity contribution in [2.24, 2.45) is 0 Å². The van der Waals surface area contributed by atoms with Crippen molar-refractivity contribution in [2.75, 3.05) is 45.9 Å². The molecule has 142 valence electrons. The second-order valence-corrected chi connectivity index (χ2v) is 6.29. The molecule has 2 rings (SSSR count). The molecule has 1 aromatic rings. The molecule has 0 atom stereocenters. The molecule has 2 N–H and O–H groups in total. The topological polar surface area (TPSA) is 53.6 Å². The normalized spacial score (nSPS) is 14.6. The Kier molecular flexibility index (Phi) is 11.3. The third-order valence-electron chi connectivity index (χ3n) is 4.22. The molecule has 1 amide bonds. The molecule has 0 aromatic heterocycles. The zero-order valence-electron chi connectivity index (χ0n) is 15.3. The highest BCUT2D eigenvalue weighted by molar-refractivity contribution is 5.85. The van der Waals surface area contributed by atoms with Crippen LogP contribution in [0.1, 0.15) is 31.7 Å². The van der Waals surface area contributed by atoms with E-state index in [-0.39, 0.29) is 18.3 Å². The first-order valence-corrected chi connectivity index (χ1v) is 9.19. The number of rotatable bonds is 10. The number of aryl methyl sites for hydroxylation is 1. The second kappa shape index (κ2) is 13.0. The van der Waals surface area contributed by atoms with Crippen LogP contribution >= 0.6 is 12.4 Å². The van der Waals surface area contributed by atoms with Crippen molar-refractivity contribution in [1.29, 1.82) is 0 Å². The zero-order valence-corrected chi connectivity index (χ0v) is 16.1. The first kappa shape index (κ1) is 21.7. The fourth-order valence-electron chi connectivity index (χ4n) is 2.78. The van der Waals surface area contributed by atoms with E-state index < -0.39 is 0 Å². The zero-order chi connectivity index (χ0) is 17.0. The van der Waals surface area contributed by atoms with E-state index in [1.54, 1.807) is 0 Å². The third kappa shape index (κ3) is 9.10. The molecule has 1 aliphatic rings. The fraction of sp³-hybridized carbons (Fsp3) is 0.632. The lowest BCUT2D eigenvalue weighted by Gasteiger charge is -2.27. The van der Waals surface area contributed by atoms with E-state index >= 15 is 0 Å². The lowest BCUT2D eigenvalue weighted by atomic mass is 10.1. The molecule has 1 heterocycles. The minimum absolute atomic E-state index is 0. The van der Waals surface area contributed by atoms with Crippen molar-refractivity contribution in [2.45, 2.75) is 32.6 Å². The molecule has 0 saturated carbocycles. The van der Waals surface area contributed by atoms with Gasteiger partial charge in [0.05, 0.1) is 6.61 Å². The Labute approximate surface area is 157 Å². The Morgan fingerprint density at radius 1 is 1.24 bits per heavy atom. The summed E-state index contributed by atoms with van der Waals surface area (Å²) in [5, 5.41) is 6.38. The third-order valence-corrected chi connectivity index (χ3v) is 4.22. The highest BCUT2D eigenvalue weighted by Crippen LogP contribution is 2.13. The molecular formula is C19H32ClN3O2. The van der Waals surface area contributed by atoms with Crippen LogP contribution in [0.5, 0.6) is 5.75 Å². The monoisotopic (exact) mass is 369 g/mol. The number of halogens is 1. The summed E-state index contributed by atoms with van der Waals surface area (Å²) in [6, 6.07) is 8.05. The number of carbonyl (C=O) groups excluding carboxylic acids is 1. The summed E-state index contributed by atoms with van der Waals surface area (Å²) in [4.78, 5) is 14.4. The van der Waals surface area contributed by atoms with Crippen LogP contribution in [-0.4, -0.2) is 56.7 Å². The number of amides is 1. The summed E-state index contributed by atoms with van der Waals surface area (Å²) < 4.78 is 5.56. The number of hydrogen-bond donors (Lipinski definition) is 2. The van der Waals surface area contributed by atoms with Crippen LogP contribution in [0.2, 0.25) is 0 Å². The van der Waals surface area contributed by atoms with Gasteiger partial charge in [0.1, 0.15) is 5.75 Å². The van der Waals surface area contributed by atoms with Gasteiger partial charge in [-0.3, -0.25) is 4.79 Å². The number of piperazine rings is 1. The molecule has 0 spiro atoms. The summed E-state index contributed by atoms with van der Waals surface area (Å²) in [5.74, 6) is 1.04. The van der Waals surface area contributed by atoms with Crippen LogP contribution in [0.4, 0.5) is 0 Å². The summed E-state index contributed by atoms with van der Waals surface area (Å²) in [7, 11) is 0. The minimum atomic E-state index is 0. The van der Waals surface area contributed by atoms with Crippen LogP contribution < -0.4 is 15.4 Å². The van der Waals surface area contributed by atoms with Crippen molar-refractivity contribution in [3.63, 3.8) is 0 Å². The van der Waals surface area contributed by atoms with Crippen molar-refractivity contribution < 1.29 is 9.53 Å². The summed E-state index contributed by atoms with van der Waals surface area (Å²) in [6.45, 7) is 9.07. The predicted molar refractivity (Wildman–Crippen MR) is 105 cm³/mol. The molecule has 1 aliphatic heterocycles. The smallest absolute Gasteiger partial charge is 0.220 e. The summed E-state index contributed by atoms with van der Waals surface area (Å²) in [5.41, 5.74) is 1.18. The van der Waals surface area contributed by atoms with Gasteiger partial charge in [0.2, 0.25) is 5.91 Å². The van der Waals surface area contributed by atoms with Crippen LogP contribution in [0, 0.1) is 0 Å². The number of nitrogens with one attached hydrogen (secondary N) is 2. The molecule has 5 nitrogen and oxygen atoms in total. The van der Waals surface area contributed by atoms with Gasteiger partial charge in [-0.25, -0.2) is 0 Å². The van der Waals surface area contributed by atoms with E-state index in [0.29, 0.717) is 6.42 Å². The van der Waals surface area contributed by atoms with Gasteiger partial charge >= 0.3 is 0 Å². The molecule has 6 heteroatoms. The van der Waals surface area contributed by atoms with E-state index in [4.69, 9.17) is 4.74 Å². The fourth-order valence-corrected chi connectivity index (χ4v) is 2.78. The molecule has 0 aliphatic carbocycles. The van der Waals surface area contributed by atoms with Gasteiger partial charge in [-0.2, -0.15) is 0 Å². The van der Waals surface area contributed by atoms with Gasteiger partial charge in [-0.1, -0.05) is 19.1 Å². The second-order valence-electron chi connectivity index (χ2n) is 6.29. The van der Waals surface area contributed by atoms with Gasteiger partial charge in [-0.15, -0.1) is 12.4 Å². The van der Waals surface area contributed by atoms with Gasteiger partial charge < -0.3 is 20.3 Å². The van der Waals surface area contributed by atoms with E-state index in [1.807, 2.05) is 24.3 Å². The standard InChI is InChI=1S/C19H31N3O2.ClH/c1-2-16-24-18-7-4-17(5-8-18)6-9-19(23)21-10-3-13-22-14-11-20-12-15-22;/h4-5,7-8,20H,2-3,6,9-16H2,1H3,(H,21,23);1H. The van der Waals surface area contributed by atoms with Crippen LogP contribution in [-0.2, 0) is 11.2 Å². The maximum Gasteiger partial charge on any atom is 0.220 e. The Bertz CT molecular complexity index is 476. The first-order chi connectivity index (χ1) is 11.8. The number of ether oxygens (including phenoxy) is 1. The van der Waals surface area contributed by atoms with Crippen LogP contribution in [0.3, 0.4) is 0 Å². The maximum atomic E-state index is 11.9.